The standard InChI is InChI=1S/C20H31NO3/c1-5-24-19-10-15(4)16(11-18(19)14(2)3)13-21-9-7-6-8-17(21)12-20(22)23/h10-11,14,17H,5-9,12-13H2,1-4H3,(H,22,23)/t17-/m1/s1. The van der Waals surface area contributed by atoms with E-state index >= 15 is 0 Å². The summed E-state index contributed by atoms with van der Waals surface area (Å²) < 4.78 is 5.81. The van der Waals surface area contributed by atoms with Gasteiger partial charge in [0.25, 0.3) is 0 Å². The largest absolute Gasteiger partial charge is 0.494 e. The molecule has 1 fully saturated rings. The van der Waals surface area contributed by atoms with Crippen LogP contribution in [0.4, 0.5) is 0 Å². The zero-order valence-electron chi connectivity index (χ0n) is 15.5. The first-order valence-electron chi connectivity index (χ1n) is 9.14. The highest BCUT2D eigenvalue weighted by Crippen LogP contribution is 2.31. The van der Waals surface area contributed by atoms with E-state index in [1.54, 1.807) is 0 Å². The van der Waals surface area contributed by atoms with E-state index in [1.165, 1.54) is 16.7 Å². The van der Waals surface area contributed by atoms with E-state index in [0.29, 0.717) is 12.5 Å². The summed E-state index contributed by atoms with van der Waals surface area (Å²) in [4.78, 5) is 13.5. The second-order valence-corrected chi connectivity index (χ2v) is 7.12. The molecule has 0 bridgehead atoms. The number of carboxylic acid groups (broad SMARTS) is 1. The van der Waals surface area contributed by atoms with E-state index in [9.17, 15) is 9.90 Å². The van der Waals surface area contributed by atoms with Crippen LogP contribution in [-0.4, -0.2) is 35.2 Å². The maximum absolute atomic E-state index is 11.1. The molecular weight excluding hydrogens is 302 g/mol. The number of ether oxygens (including phenoxy) is 1. The molecule has 0 amide bonds. The van der Waals surface area contributed by atoms with Gasteiger partial charge in [-0.15, -0.1) is 0 Å². The molecule has 4 nitrogen and oxygen atoms in total. The Bertz CT molecular complexity index is 568. The molecule has 1 aromatic carbocycles. The zero-order valence-corrected chi connectivity index (χ0v) is 15.5. The van der Waals surface area contributed by atoms with Crippen molar-refractivity contribution in [3.8, 4) is 5.75 Å². The molecule has 0 unspecified atom stereocenters. The number of piperidine rings is 1. The van der Waals surface area contributed by atoms with Gasteiger partial charge in [-0.1, -0.05) is 26.3 Å². The first-order chi connectivity index (χ1) is 11.4. The van der Waals surface area contributed by atoms with E-state index in [-0.39, 0.29) is 12.5 Å². The molecule has 1 N–H and O–H groups in total. The van der Waals surface area contributed by atoms with Gasteiger partial charge in [0, 0.05) is 12.6 Å². The van der Waals surface area contributed by atoms with Crippen LogP contribution in [0.5, 0.6) is 5.75 Å². The number of hydrogen-bond acceptors (Lipinski definition) is 3. The van der Waals surface area contributed by atoms with Crippen LogP contribution < -0.4 is 4.74 Å². The van der Waals surface area contributed by atoms with Crippen molar-refractivity contribution in [2.75, 3.05) is 13.2 Å². The van der Waals surface area contributed by atoms with Crippen molar-refractivity contribution in [2.45, 2.75) is 71.9 Å². The van der Waals surface area contributed by atoms with Crippen molar-refractivity contribution < 1.29 is 14.6 Å². The van der Waals surface area contributed by atoms with Crippen LogP contribution in [0.15, 0.2) is 12.1 Å². The van der Waals surface area contributed by atoms with Gasteiger partial charge in [0.1, 0.15) is 5.75 Å². The Morgan fingerprint density at radius 2 is 2.12 bits per heavy atom. The Labute approximate surface area is 145 Å². The highest BCUT2D eigenvalue weighted by molar-refractivity contribution is 5.67. The minimum Gasteiger partial charge on any atom is -0.494 e. The lowest BCUT2D eigenvalue weighted by Gasteiger charge is -2.35. The van der Waals surface area contributed by atoms with Crippen molar-refractivity contribution in [2.24, 2.45) is 0 Å². The number of nitrogens with zero attached hydrogens (tertiary/aromatic N) is 1. The van der Waals surface area contributed by atoms with Gasteiger partial charge in [-0.3, -0.25) is 9.69 Å². The molecular formula is C20H31NO3. The lowest BCUT2D eigenvalue weighted by atomic mass is 9.94. The number of carbonyl (C=O) groups is 1. The zero-order chi connectivity index (χ0) is 17.7. The Hall–Kier alpha value is -1.55. The quantitative estimate of drug-likeness (QED) is 0.806. The van der Waals surface area contributed by atoms with Crippen LogP contribution in [-0.2, 0) is 11.3 Å². The highest BCUT2D eigenvalue weighted by Gasteiger charge is 2.25. The molecule has 1 aliphatic heterocycles. The second kappa shape index (κ2) is 8.52. The lowest BCUT2D eigenvalue weighted by molar-refractivity contribution is -0.138. The summed E-state index contributed by atoms with van der Waals surface area (Å²) in [5, 5.41) is 9.17. The summed E-state index contributed by atoms with van der Waals surface area (Å²) in [7, 11) is 0. The van der Waals surface area contributed by atoms with E-state index in [1.807, 2.05) is 6.92 Å². The van der Waals surface area contributed by atoms with Crippen LogP contribution in [0, 0.1) is 6.92 Å². The molecule has 1 saturated heterocycles. The van der Waals surface area contributed by atoms with E-state index in [2.05, 4.69) is 37.8 Å². The maximum atomic E-state index is 11.1. The van der Waals surface area contributed by atoms with E-state index < -0.39 is 5.97 Å². The molecule has 0 aliphatic carbocycles. The minimum atomic E-state index is -0.696. The van der Waals surface area contributed by atoms with Gasteiger partial charge < -0.3 is 9.84 Å². The predicted octanol–water partition coefficient (Wildman–Crippen LogP) is 4.35. The maximum Gasteiger partial charge on any atom is 0.304 e. The summed E-state index contributed by atoms with van der Waals surface area (Å²) in [5.74, 6) is 0.690. The molecule has 4 heteroatoms. The van der Waals surface area contributed by atoms with Crippen molar-refractivity contribution in [1.82, 2.24) is 4.90 Å². The van der Waals surface area contributed by atoms with Crippen molar-refractivity contribution in [3.05, 3.63) is 28.8 Å². The minimum absolute atomic E-state index is 0.157. The van der Waals surface area contributed by atoms with Crippen LogP contribution in [0.1, 0.15) is 69.1 Å². The fraction of sp³-hybridized carbons (Fsp3) is 0.650. The summed E-state index contributed by atoms with van der Waals surface area (Å²) >= 11 is 0. The molecule has 0 aromatic heterocycles. The molecule has 0 saturated carbocycles. The molecule has 1 aromatic rings. The Morgan fingerprint density at radius 3 is 2.75 bits per heavy atom. The number of carboxylic acids is 1. The van der Waals surface area contributed by atoms with E-state index in [4.69, 9.17) is 4.74 Å². The average molecular weight is 333 g/mol. The fourth-order valence-corrected chi connectivity index (χ4v) is 3.57. The number of rotatable bonds is 7. The van der Waals surface area contributed by atoms with Gasteiger partial charge in [0.2, 0.25) is 0 Å². The number of aryl methyl sites for hydroxylation is 1. The Balaban J connectivity index is 2.24. The fourth-order valence-electron chi connectivity index (χ4n) is 3.57. The summed E-state index contributed by atoms with van der Waals surface area (Å²) in [6.45, 7) is 11.0. The number of hydrogen-bond donors (Lipinski definition) is 1. The third-order valence-corrected chi connectivity index (χ3v) is 4.92. The van der Waals surface area contributed by atoms with Gasteiger partial charge in [-0.2, -0.15) is 0 Å². The van der Waals surface area contributed by atoms with Gasteiger partial charge >= 0.3 is 5.97 Å². The third-order valence-electron chi connectivity index (χ3n) is 4.92. The highest BCUT2D eigenvalue weighted by atomic mass is 16.5. The number of aliphatic carboxylic acids is 1. The molecule has 0 spiro atoms. The predicted molar refractivity (Wildman–Crippen MR) is 96.7 cm³/mol. The van der Waals surface area contributed by atoms with Crippen LogP contribution in [0.3, 0.4) is 0 Å². The first kappa shape index (κ1) is 18.8. The topological polar surface area (TPSA) is 49.8 Å². The smallest absolute Gasteiger partial charge is 0.304 e. The van der Waals surface area contributed by atoms with Crippen molar-refractivity contribution >= 4 is 5.97 Å². The molecule has 24 heavy (non-hydrogen) atoms. The van der Waals surface area contributed by atoms with Crippen LogP contribution in [0.2, 0.25) is 0 Å². The van der Waals surface area contributed by atoms with E-state index in [0.717, 1.165) is 38.1 Å². The molecule has 134 valence electrons. The second-order valence-electron chi connectivity index (χ2n) is 7.12. The third kappa shape index (κ3) is 4.73. The monoisotopic (exact) mass is 333 g/mol. The molecule has 0 radical (unpaired) electrons. The number of benzene rings is 1. The molecule has 1 heterocycles. The molecule has 2 rings (SSSR count). The lowest BCUT2D eigenvalue weighted by Crippen LogP contribution is -2.40. The molecule has 1 atom stereocenters. The van der Waals surface area contributed by atoms with Crippen molar-refractivity contribution in [3.63, 3.8) is 0 Å². The number of likely N-dealkylation sites (tertiary alicyclic amines) is 1. The summed E-state index contributed by atoms with van der Waals surface area (Å²) in [5.41, 5.74) is 3.76. The van der Waals surface area contributed by atoms with Gasteiger partial charge in [-0.25, -0.2) is 0 Å². The Morgan fingerprint density at radius 1 is 1.38 bits per heavy atom. The summed E-state index contributed by atoms with van der Waals surface area (Å²) in [6, 6.07) is 4.56. The van der Waals surface area contributed by atoms with Gasteiger partial charge in [-0.05, 0) is 61.9 Å². The van der Waals surface area contributed by atoms with Gasteiger partial charge in [0.05, 0.1) is 13.0 Å². The molecule has 1 aliphatic rings. The first-order valence-corrected chi connectivity index (χ1v) is 9.14. The van der Waals surface area contributed by atoms with Gasteiger partial charge in [0.15, 0.2) is 0 Å². The van der Waals surface area contributed by atoms with Crippen LogP contribution in [0.25, 0.3) is 0 Å². The normalized spacial score (nSPS) is 18.8. The average Bonchev–Trinajstić information content (AvgIpc) is 2.51. The van der Waals surface area contributed by atoms with Crippen LogP contribution >= 0.6 is 0 Å². The van der Waals surface area contributed by atoms with Crippen molar-refractivity contribution in [1.29, 1.82) is 0 Å². The summed E-state index contributed by atoms with van der Waals surface area (Å²) in [6.07, 6.45) is 3.52. The SMILES string of the molecule is CCOc1cc(C)c(CN2CCCC[C@@H]2CC(=O)O)cc1C(C)C. The Kier molecular flexibility index (Phi) is 6.67.